The highest BCUT2D eigenvalue weighted by molar-refractivity contribution is 6.03. The lowest BCUT2D eigenvalue weighted by molar-refractivity contribution is -0.134. The molecule has 0 saturated heterocycles. The van der Waals surface area contributed by atoms with Gasteiger partial charge in [0, 0.05) is 24.5 Å². The molecule has 6 nitrogen and oxygen atoms in total. The van der Waals surface area contributed by atoms with Crippen molar-refractivity contribution in [1.29, 1.82) is 0 Å². The van der Waals surface area contributed by atoms with Gasteiger partial charge in [0.1, 0.15) is 0 Å². The molecule has 124 valence electrons. The fraction of sp³-hybridized carbons (Fsp3) is 0.158. The Morgan fingerprint density at radius 2 is 1.88 bits per heavy atom. The van der Waals surface area contributed by atoms with Crippen LogP contribution in [0.15, 0.2) is 54.9 Å². The molecule has 1 atom stereocenters. The van der Waals surface area contributed by atoms with Crippen LogP contribution in [0.5, 0.6) is 0 Å². The van der Waals surface area contributed by atoms with Gasteiger partial charge in [-0.15, -0.1) is 0 Å². The van der Waals surface area contributed by atoms with Crippen LogP contribution >= 0.6 is 0 Å². The topological polar surface area (TPSA) is 81.2 Å². The average molecular weight is 333 g/mol. The van der Waals surface area contributed by atoms with Gasteiger partial charge in [0.2, 0.25) is 0 Å². The third kappa shape index (κ3) is 2.71. The summed E-state index contributed by atoms with van der Waals surface area (Å²) in [6.07, 6.45) is 3.53. The highest BCUT2D eigenvalue weighted by Crippen LogP contribution is 2.29. The largest absolute Gasteiger partial charge is 0.445 e. The van der Waals surface area contributed by atoms with E-state index in [0.717, 1.165) is 11.1 Å². The SMILES string of the molecule is C[C@@]1(C(=O)Nc2ccc3nccnc3c2)Cc2ccccc2C(=O)O1. The van der Waals surface area contributed by atoms with Crippen molar-refractivity contribution in [1.82, 2.24) is 9.97 Å². The number of amides is 1. The summed E-state index contributed by atoms with van der Waals surface area (Å²) in [4.78, 5) is 33.4. The molecule has 2 heterocycles. The second-order valence-electron chi connectivity index (χ2n) is 6.17. The lowest BCUT2D eigenvalue weighted by Crippen LogP contribution is -2.48. The molecular formula is C19H15N3O3. The van der Waals surface area contributed by atoms with Gasteiger partial charge in [0.15, 0.2) is 5.60 Å². The second-order valence-corrected chi connectivity index (χ2v) is 6.17. The number of carbonyl (C=O) groups is 2. The number of anilines is 1. The Labute approximate surface area is 143 Å². The van der Waals surface area contributed by atoms with Crippen molar-refractivity contribution >= 4 is 28.6 Å². The van der Waals surface area contributed by atoms with E-state index >= 15 is 0 Å². The van der Waals surface area contributed by atoms with Gasteiger partial charge >= 0.3 is 5.97 Å². The van der Waals surface area contributed by atoms with Crippen LogP contribution in [0.4, 0.5) is 5.69 Å². The molecule has 0 spiro atoms. The summed E-state index contributed by atoms with van der Waals surface area (Å²) in [6.45, 7) is 1.62. The van der Waals surface area contributed by atoms with Crippen molar-refractivity contribution in [3.63, 3.8) is 0 Å². The Kier molecular flexibility index (Phi) is 3.46. The number of rotatable bonds is 2. The van der Waals surface area contributed by atoms with Crippen LogP contribution in [0.2, 0.25) is 0 Å². The number of esters is 1. The van der Waals surface area contributed by atoms with Crippen LogP contribution in [-0.4, -0.2) is 27.4 Å². The number of nitrogens with zero attached hydrogens (tertiary/aromatic N) is 2. The molecule has 1 N–H and O–H groups in total. The van der Waals surface area contributed by atoms with E-state index in [0.29, 0.717) is 23.2 Å². The molecule has 0 aliphatic carbocycles. The fourth-order valence-corrected chi connectivity index (χ4v) is 2.96. The molecule has 25 heavy (non-hydrogen) atoms. The van der Waals surface area contributed by atoms with Crippen molar-refractivity contribution in [2.24, 2.45) is 0 Å². The van der Waals surface area contributed by atoms with E-state index < -0.39 is 11.6 Å². The highest BCUT2D eigenvalue weighted by Gasteiger charge is 2.42. The van der Waals surface area contributed by atoms with Crippen molar-refractivity contribution in [3.8, 4) is 0 Å². The van der Waals surface area contributed by atoms with Gasteiger partial charge in [-0.05, 0) is 36.8 Å². The van der Waals surface area contributed by atoms with Gasteiger partial charge in [0.25, 0.3) is 5.91 Å². The zero-order valence-electron chi connectivity index (χ0n) is 13.5. The van der Waals surface area contributed by atoms with Gasteiger partial charge in [-0.25, -0.2) is 4.79 Å². The van der Waals surface area contributed by atoms with Crippen LogP contribution in [0.3, 0.4) is 0 Å². The average Bonchev–Trinajstić information content (AvgIpc) is 2.61. The summed E-state index contributed by atoms with van der Waals surface area (Å²) >= 11 is 0. The normalized spacial score (nSPS) is 19.2. The van der Waals surface area contributed by atoms with Gasteiger partial charge in [-0.3, -0.25) is 14.8 Å². The molecule has 4 rings (SSSR count). The molecule has 0 radical (unpaired) electrons. The first kappa shape index (κ1) is 15.3. The lowest BCUT2D eigenvalue weighted by atomic mass is 9.89. The maximum atomic E-state index is 12.8. The summed E-state index contributed by atoms with van der Waals surface area (Å²) in [5.74, 6) is -0.859. The smallest absolute Gasteiger partial charge is 0.339 e. The molecular weight excluding hydrogens is 318 g/mol. The minimum absolute atomic E-state index is 0.328. The summed E-state index contributed by atoms with van der Waals surface area (Å²) in [7, 11) is 0. The van der Waals surface area contributed by atoms with Crippen LogP contribution in [0, 0.1) is 0 Å². The number of nitrogens with one attached hydrogen (secondary N) is 1. The molecule has 3 aromatic rings. The van der Waals surface area contributed by atoms with E-state index in [1.165, 1.54) is 0 Å². The minimum atomic E-state index is -1.26. The summed E-state index contributed by atoms with van der Waals surface area (Å²) < 4.78 is 5.44. The predicted octanol–water partition coefficient (Wildman–Crippen LogP) is 2.74. The van der Waals surface area contributed by atoms with Crippen molar-refractivity contribution in [2.75, 3.05) is 5.32 Å². The molecule has 1 aromatic heterocycles. The second kappa shape index (κ2) is 5.66. The maximum Gasteiger partial charge on any atom is 0.339 e. The molecule has 0 fully saturated rings. The summed E-state index contributed by atoms with van der Waals surface area (Å²) in [5, 5.41) is 2.81. The number of hydrogen-bond acceptors (Lipinski definition) is 5. The van der Waals surface area contributed by atoms with Crippen molar-refractivity contribution in [3.05, 3.63) is 66.0 Å². The van der Waals surface area contributed by atoms with Crippen LogP contribution < -0.4 is 5.32 Å². The molecule has 1 aliphatic heterocycles. The van der Waals surface area contributed by atoms with Gasteiger partial charge < -0.3 is 10.1 Å². The molecule has 1 amide bonds. The standard InChI is InChI=1S/C19H15N3O3/c1-19(11-12-4-2-3-5-14(12)17(23)25-19)18(24)22-13-6-7-15-16(10-13)21-9-8-20-15/h2-10H,11H2,1H3,(H,22,24)/t19-/m0/s1. The third-order valence-electron chi connectivity index (χ3n) is 4.29. The third-order valence-corrected chi connectivity index (χ3v) is 4.29. The number of aromatic nitrogens is 2. The van der Waals surface area contributed by atoms with Crippen LogP contribution in [0.1, 0.15) is 22.8 Å². The monoisotopic (exact) mass is 333 g/mol. The minimum Gasteiger partial charge on any atom is -0.445 e. The first-order chi connectivity index (χ1) is 12.0. The van der Waals surface area contributed by atoms with Gasteiger partial charge in [-0.2, -0.15) is 0 Å². The van der Waals surface area contributed by atoms with Crippen LogP contribution in [0.25, 0.3) is 11.0 Å². The Balaban J connectivity index is 1.61. The zero-order chi connectivity index (χ0) is 17.4. The van der Waals surface area contributed by atoms with E-state index in [1.807, 2.05) is 12.1 Å². The molecule has 0 bridgehead atoms. The van der Waals surface area contributed by atoms with Crippen molar-refractivity contribution < 1.29 is 14.3 Å². The molecule has 1 aliphatic rings. The van der Waals surface area contributed by atoms with Gasteiger partial charge in [0.05, 0.1) is 16.6 Å². The zero-order valence-corrected chi connectivity index (χ0v) is 13.5. The number of hydrogen-bond donors (Lipinski definition) is 1. The Bertz CT molecular complexity index is 1000. The molecule has 6 heteroatoms. The number of ether oxygens (including phenoxy) is 1. The summed E-state index contributed by atoms with van der Waals surface area (Å²) in [5.41, 5.74) is 2.05. The number of benzene rings is 2. The van der Waals surface area contributed by atoms with Crippen molar-refractivity contribution in [2.45, 2.75) is 18.9 Å². The number of fused-ring (bicyclic) bond motifs is 2. The Morgan fingerprint density at radius 3 is 2.72 bits per heavy atom. The predicted molar refractivity (Wildman–Crippen MR) is 92.1 cm³/mol. The Hall–Kier alpha value is -3.28. The van der Waals surface area contributed by atoms with Gasteiger partial charge in [-0.1, -0.05) is 18.2 Å². The quantitative estimate of drug-likeness (QED) is 0.729. The molecule has 0 saturated carbocycles. The van der Waals surface area contributed by atoms with Crippen LogP contribution in [-0.2, 0) is 16.0 Å². The van der Waals surface area contributed by atoms with E-state index in [9.17, 15) is 9.59 Å². The van der Waals surface area contributed by atoms with E-state index in [1.54, 1.807) is 49.6 Å². The Morgan fingerprint density at radius 1 is 1.12 bits per heavy atom. The van der Waals surface area contributed by atoms with E-state index in [2.05, 4.69) is 15.3 Å². The first-order valence-electron chi connectivity index (χ1n) is 7.89. The molecule has 2 aromatic carbocycles. The lowest BCUT2D eigenvalue weighted by Gasteiger charge is -2.33. The number of cyclic esters (lactones) is 1. The molecule has 0 unspecified atom stereocenters. The van der Waals surface area contributed by atoms with E-state index in [4.69, 9.17) is 4.74 Å². The van der Waals surface area contributed by atoms with E-state index in [-0.39, 0.29) is 5.91 Å². The first-order valence-corrected chi connectivity index (χ1v) is 7.89. The number of carbonyl (C=O) groups excluding carboxylic acids is 2. The summed E-state index contributed by atoms with van der Waals surface area (Å²) in [6, 6.07) is 12.4. The fourth-order valence-electron chi connectivity index (χ4n) is 2.96. The maximum absolute atomic E-state index is 12.8. The highest BCUT2D eigenvalue weighted by atomic mass is 16.6.